The molecule has 3 aromatic carbocycles. The average molecular weight is 514 g/mol. The average Bonchev–Trinajstić information content (AvgIpc) is 3.07. The topological polar surface area (TPSA) is 116 Å². The van der Waals surface area contributed by atoms with E-state index in [4.69, 9.17) is 28.6 Å². The number of non-ortho nitro benzene ring substituents is 1. The number of nitro groups is 2. The number of hydrogen-bond acceptors (Lipinski definition) is 8. The minimum Gasteiger partial charge on any atom is -0.450 e. The van der Waals surface area contributed by atoms with Crippen molar-refractivity contribution < 1.29 is 19.4 Å². The Labute approximate surface area is 206 Å². The molecule has 1 aliphatic heterocycles. The number of amides is 1. The molecule has 34 heavy (non-hydrogen) atoms. The van der Waals surface area contributed by atoms with Gasteiger partial charge in [0, 0.05) is 11.1 Å². The Morgan fingerprint density at radius 1 is 1.00 bits per heavy atom. The normalized spacial score (nSPS) is 14.5. The molecule has 9 nitrogen and oxygen atoms in total. The van der Waals surface area contributed by atoms with Crippen LogP contribution in [0.4, 0.5) is 17.1 Å². The number of hydrogen-bond donors (Lipinski definition) is 0. The van der Waals surface area contributed by atoms with E-state index in [1.165, 1.54) is 11.0 Å². The lowest BCUT2D eigenvalue weighted by molar-refractivity contribution is -0.394. The molecule has 0 aromatic heterocycles. The first kappa shape index (κ1) is 23.4. The Morgan fingerprint density at radius 2 is 1.74 bits per heavy atom. The molecule has 0 N–H and O–H groups in total. The van der Waals surface area contributed by atoms with Crippen molar-refractivity contribution in [3.63, 3.8) is 0 Å². The van der Waals surface area contributed by atoms with Crippen molar-refractivity contribution in [1.29, 1.82) is 0 Å². The Morgan fingerprint density at radius 3 is 2.41 bits per heavy atom. The molecule has 0 aliphatic carbocycles. The Bertz CT molecular complexity index is 1380. The molecule has 3 aromatic rings. The number of thioether (sulfide) groups is 1. The number of anilines is 1. The first-order chi connectivity index (χ1) is 16.2. The van der Waals surface area contributed by atoms with Gasteiger partial charge in [0.05, 0.1) is 26.5 Å². The molecule has 170 valence electrons. The molecular weight excluding hydrogens is 502 g/mol. The highest BCUT2D eigenvalue weighted by Crippen LogP contribution is 2.38. The lowest BCUT2D eigenvalue weighted by Crippen LogP contribution is -2.27. The van der Waals surface area contributed by atoms with Crippen LogP contribution in [0.1, 0.15) is 5.56 Å². The molecule has 4 rings (SSSR count). The van der Waals surface area contributed by atoms with E-state index >= 15 is 0 Å². The summed E-state index contributed by atoms with van der Waals surface area (Å²) in [7, 11) is 0. The van der Waals surface area contributed by atoms with Crippen molar-refractivity contribution in [2.45, 2.75) is 0 Å². The summed E-state index contributed by atoms with van der Waals surface area (Å²) in [5, 5.41) is 22.8. The molecule has 0 unspecified atom stereocenters. The van der Waals surface area contributed by atoms with Gasteiger partial charge in [-0.1, -0.05) is 47.7 Å². The summed E-state index contributed by atoms with van der Waals surface area (Å²) in [4.78, 5) is 35.5. The molecule has 0 spiro atoms. The minimum atomic E-state index is -0.756. The second-order valence-corrected chi connectivity index (χ2v) is 8.95. The van der Waals surface area contributed by atoms with E-state index in [0.29, 0.717) is 25.5 Å². The molecule has 0 atom stereocenters. The predicted octanol–water partition coefficient (Wildman–Crippen LogP) is 6.35. The Balaban J connectivity index is 1.59. The number of carbonyl (C=O) groups is 1. The van der Waals surface area contributed by atoms with Gasteiger partial charge in [0.1, 0.15) is 5.75 Å². The first-order valence-electron chi connectivity index (χ1n) is 9.47. The van der Waals surface area contributed by atoms with Crippen LogP contribution in [0, 0.1) is 20.2 Å². The van der Waals surface area contributed by atoms with Gasteiger partial charge in [-0.2, -0.15) is 0 Å². The number of carbonyl (C=O) groups excluding carboxylic acids is 1. The summed E-state index contributed by atoms with van der Waals surface area (Å²) in [6.07, 6.45) is 1.63. The molecule has 1 fully saturated rings. The number of thiocarbonyl (C=S) groups is 1. The van der Waals surface area contributed by atoms with Crippen LogP contribution >= 0.6 is 35.6 Å². The van der Waals surface area contributed by atoms with Crippen molar-refractivity contribution in [1.82, 2.24) is 0 Å². The highest BCUT2D eigenvalue weighted by atomic mass is 35.5. The second kappa shape index (κ2) is 9.59. The molecule has 0 saturated carbocycles. The van der Waals surface area contributed by atoms with Crippen molar-refractivity contribution in [3.05, 3.63) is 102 Å². The van der Waals surface area contributed by atoms with Crippen LogP contribution in [0.2, 0.25) is 5.02 Å². The van der Waals surface area contributed by atoms with E-state index in [2.05, 4.69) is 0 Å². The van der Waals surface area contributed by atoms with Crippen LogP contribution in [-0.4, -0.2) is 20.1 Å². The first-order valence-corrected chi connectivity index (χ1v) is 11.1. The number of halogens is 1. The summed E-state index contributed by atoms with van der Waals surface area (Å²) in [5.74, 6) is -0.199. The van der Waals surface area contributed by atoms with Gasteiger partial charge in [-0.3, -0.25) is 29.9 Å². The fraction of sp³-hybridized carbons (Fsp3) is 0. The van der Waals surface area contributed by atoms with Crippen LogP contribution in [0.25, 0.3) is 6.08 Å². The molecule has 0 radical (unpaired) electrons. The third-order valence-corrected chi connectivity index (χ3v) is 6.17. The lowest BCUT2D eigenvalue weighted by Gasteiger charge is -2.14. The third-order valence-electron chi connectivity index (χ3n) is 4.61. The molecule has 0 bridgehead atoms. The number of nitro benzene ring substituents is 2. The number of benzene rings is 3. The third kappa shape index (κ3) is 4.91. The number of rotatable bonds is 6. The summed E-state index contributed by atoms with van der Waals surface area (Å²) in [5.41, 5.74) is 0.232. The SMILES string of the molecule is O=C1/C(=C\c2cccc(Oc3ccc([N+](=O)[O-])cc3[N+](=O)[O-])c2)SC(=S)N1c1ccc(Cl)cc1. The van der Waals surface area contributed by atoms with Crippen molar-refractivity contribution in [3.8, 4) is 11.5 Å². The zero-order valence-corrected chi connectivity index (χ0v) is 19.3. The fourth-order valence-corrected chi connectivity index (χ4v) is 4.50. The van der Waals surface area contributed by atoms with Gasteiger partial charge >= 0.3 is 5.69 Å². The monoisotopic (exact) mass is 513 g/mol. The molecular formula is C22H12ClN3O6S2. The maximum atomic E-state index is 12.9. The summed E-state index contributed by atoms with van der Waals surface area (Å²) >= 11 is 12.4. The van der Waals surface area contributed by atoms with Crippen molar-refractivity contribution in [2.75, 3.05) is 4.90 Å². The standard InChI is InChI=1S/C22H12ClN3O6S2/c23-14-4-6-15(7-5-14)24-21(27)20(34-22(24)33)11-13-2-1-3-17(10-13)32-19-9-8-16(25(28)29)12-18(19)26(30)31/h1-12H/b20-11+. The largest absolute Gasteiger partial charge is 0.450 e. The molecule has 1 aliphatic rings. The van der Waals surface area contributed by atoms with Gasteiger partial charge in [0.25, 0.3) is 11.6 Å². The van der Waals surface area contributed by atoms with E-state index in [1.807, 2.05) is 0 Å². The van der Waals surface area contributed by atoms with Gasteiger partial charge in [-0.15, -0.1) is 0 Å². The second-order valence-electron chi connectivity index (χ2n) is 6.83. The van der Waals surface area contributed by atoms with Gasteiger partial charge in [-0.05, 0) is 54.1 Å². The molecule has 1 heterocycles. The van der Waals surface area contributed by atoms with Crippen LogP contribution < -0.4 is 9.64 Å². The van der Waals surface area contributed by atoms with E-state index in [-0.39, 0.29) is 17.4 Å². The summed E-state index contributed by atoms with van der Waals surface area (Å²) in [6.45, 7) is 0. The summed E-state index contributed by atoms with van der Waals surface area (Å²) in [6, 6.07) is 16.4. The zero-order chi connectivity index (χ0) is 24.4. The van der Waals surface area contributed by atoms with Gasteiger partial charge < -0.3 is 4.74 Å². The van der Waals surface area contributed by atoms with Crippen molar-refractivity contribution in [2.24, 2.45) is 0 Å². The zero-order valence-electron chi connectivity index (χ0n) is 16.9. The number of nitrogens with zero attached hydrogens (tertiary/aromatic N) is 3. The van der Waals surface area contributed by atoms with E-state index in [0.717, 1.165) is 23.9 Å². The van der Waals surface area contributed by atoms with Crippen LogP contribution in [0.3, 0.4) is 0 Å². The van der Waals surface area contributed by atoms with Crippen LogP contribution in [-0.2, 0) is 4.79 Å². The summed E-state index contributed by atoms with van der Waals surface area (Å²) < 4.78 is 5.99. The number of ether oxygens (including phenoxy) is 1. The van der Waals surface area contributed by atoms with Crippen LogP contribution in [0.5, 0.6) is 11.5 Å². The van der Waals surface area contributed by atoms with E-state index in [1.54, 1.807) is 54.6 Å². The Kier molecular flexibility index (Phi) is 6.59. The minimum absolute atomic E-state index is 0.151. The smallest absolute Gasteiger partial charge is 0.318 e. The van der Waals surface area contributed by atoms with Gasteiger partial charge in [0.2, 0.25) is 5.75 Å². The lowest BCUT2D eigenvalue weighted by atomic mass is 10.2. The maximum Gasteiger partial charge on any atom is 0.318 e. The molecule has 12 heteroatoms. The molecule has 1 amide bonds. The van der Waals surface area contributed by atoms with Gasteiger partial charge in [-0.25, -0.2) is 0 Å². The van der Waals surface area contributed by atoms with Gasteiger partial charge in [0.15, 0.2) is 4.32 Å². The molecule has 1 saturated heterocycles. The maximum absolute atomic E-state index is 12.9. The van der Waals surface area contributed by atoms with Crippen molar-refractivity contribution >= 4 is 68.9 Å². The van der Waals surface area contributed by atoms with Crippen LogP contribution in [0.15, 0.2) is 71.6 Å². The predicted molar refractivity (Wildman–Crippen MR) is 133 cm³/mol. The highest BCUT2D eigenvalue weighted by molar-refractivity contribution is 8.27. The highest BCUT2D eigenvalue weighted by Gasteiger charge is 2.33. The Hall–Kier alpha value is -3.80. The van der Waals surface area contributed by atoms with E-state index < -0.39 is 21.2 Å². The van der Waals surface area contributed by atoms with E-state index in [9.17, 15) is 25.0 Å². The quantitative estimate of drug-likeness (QED) is 0.162. The fourth-order valence-electron chi connectivity index (χ4n) is 3.07.